The number of rotatable bonds is 11. The maximum Gasteiger partial charge on any atom is 0.0229 e. The van der Waals surface area contributed by atoms with Crippen molar-refractivity contribution in [2.24, 2.45) is 11.3 Å². The van der Waals surface area contributed by atoms with Crippen molar-refractivity contribution >= 4 is 23.5 Å². The average Bonchev–Trinajstić information content (AvgIpc) is 3.15. The summed E-state index contributed by atoms with van der Waals surface area (Å²) >= 11 is 4.35. The standard InChI is InChI=1S/C17H34S2/c1-6-8-10-15(9-7-2)17(4,5)11-14(3)18-12-16-13-19-16/h14-16H,6-13H2,1-5H3. The van der Waals surface area contributed by atoms with Gasteiger partial charge < -0.3 is 0 Å². The number of unbranched alkanes of at least 4 members (excludes halogenated alkanes) is 1. The molecule has 1 saturated heterocycles. The number of hydrogen-bond acceptors (Lipinski definition) is 2. The number of thioether (sulfide) groups is 2. The lowest BCUT2D eigenvalue weighted by Crippen LogP contribution is -2.27. The lowest BCUT2D eigenvalue weighted by molar-refractivity contribution is 0.168. The zero-order chi connectivity index (χ0) is 14.3. The Bertz CT molecular complexity index is 233. The van der Waals surface area contributed by atoms with Crippen LogP contribution in [0.15, 0.2) is 0 Å². The molecule has 0 N–H and O–H groups in total. The van der Waals surface area contributed by atoms with Crippen LogP contribution in [0.1, 0.15) is 73.1 Å². The fraction of sp³-hybridized carbons (Fsp3) is 1.00. The van der Waals surface area contributed by atoms with E-state index in [-0.39, 0.29) is 0 Å². The minimum absolute atomic E-state index is 0.522. The first-order chi connectivity index (χ1) is 8.99. The van der Waals surface area contributed by atoms with E-state index in [2.05, 4.69) is 58.1 Å². The molecule has 0 aromatic carbocycles. The molecule has 1 aliphatic rings. The summed E-state index contributed by atoms with van der Waals surface area (Å²) in [7, 11) is 0. The molecule has 0 aromatic heterocycles. The first-order valence-electron chi connectivity index (χ1n) is 8.22. The Balaban J connectivity index is 2.38. The normalized spacial score (nSPS) is 22.3. The molecule has 1 fully saturated rings. The molecule has 1 rings (SSSR count). The van der Waals surface area contributed by atoms with Crippen LogP contribution < -0.4 is 0 Å². The first kappa shape index (κ1) is 17.8. The Morgan fingerprint density at radius 3 is 2.42 bits per heavy atom. The van der Waals surface area contributed by atoms with E-state index in [4.69, 9.17) is 0 Å². The van der Waals surface area contributed by atoms with Gasteiger partial charge in [0.25, 0.3) is 0 Å². The number of hydrogen-bond donors (Lipinski definition) is 0. The molecule has 0 spiro atoms. The van der Waals surface area contributed by atoms with Crippen LogP contribution in [0.3, 0.4) is 0 Å². The molecular weight excluding hydrogens is 268 g/mol. The third-order valence-corrected chi connectivity index (χ3v) is 6.94. The van der Waals surface area contributed by atoms with E-state index in [1.54, 1.807) is 0 Å². The van der Waals surface area contributed by atoms with E-state index in [0.29, 0.717) is 5.41 Å². The van der Waals surface area contributed by atoms with Gasteiger partial charge in [0.15, 0.2) is 0 Å². The van der Waals surface area contributed by atoms with Crippen molar-refractivity contribution in [2.45, 2.75) is 83.6 Å². The summed E-state index contributed by atoms with van der Waals surface area (Å²) in [6, 6.07) is 0. The van der Waals surface area contributed by atoms with Crippen LogP contribution in [-0.2, 0) is 0 Å². The summed E-state index contributed by atoms with van der Waals surface area (Å²) in [5.41, 5.74) is 0.522. The minimum atomic E-state index is 0.522. The molecule has 114 valence electrons. The van der Waals surface area contributed by atoms with Gasteiger partial charge >= 0.3 is 0 Å². The van der Waals surface area contributed by atoms with Crippen molar-refractivity contribution in [3.63, 3.8) is 0 Å². The smallest absolute Gasteiger partial charge is 0.0229 e. The van der Waals surface area contributed by atoms with Gasteiger partial charge in [0.05, 0.1) is 0 Å². The first-order valence-corrected chi connectivity index (χ1v) is 10.3. The summed E-state index contributed by atoms with van der Waals surface area (Å²) < 4.78 is 0. The Labute approximate surface area is 130 Å². The van der Waals surface area contributed by atoms with Crippen molar-refractivity contribution in [2.75, 3.05) is 11.5 Å². The lowest BCUT2D eigenvalue weighted by Gasteiger charge is -2.36. The molecule has 0 amide bonds. The molecular formula is C17H34S2. The Morgan fingerprint density at radius 2 is 1.89 bits per heavy atom. The highest BCUT2D eigenvalue weighted by molar-refractivity contribution is 8.08. The fourth-order valence-corrected chi connectivity index (χ4v) is 5.36. The summed E-state index contributed by atoms with van der Waals surface area (Å²) in [4.78, 5) is 0. The van der Waals surface area contributed by atoms with Gasteiger partial charge in [-0.2, -0.15) is 23.5 Å². The zero-order valence-corrected chi connectivity index (χ0v) is 15.3. The quantitative estimate of drug-likeness (QED) is 0.414. The molecule has 0 bridgehead atoms. The third-order valence-electron chi connectivity index (χ3n) is 4.43. The van der Waals surface area contributed by atoms with E-state index >= 15 is 0 Å². The van der Waals surface area contributed by atoms with Crippen LogP contribution in [0.5, 0.6) is 0 Å². The van der Waals surface area contributed by atoms with E-state index < -0.39 is 0 Å². The molecule has 3 atom stereocenters. The molecule has 0 aliphatic carbocycles. The minimum Gasteiger partial charge on any atom is -0.158 e. The van der Waals surface area contributed by atoms with Crippen molar-refractivity contribution in [3.05, 3.63) is 0 Å². The maximum absolute atomic E-state index is 2.52. The summed E-state index contributed by atoms with van der Waals surface area (Å²) in [5.74, 6) is 3.73. The Morgan fingerprint density at radius 1 is 1.21 bits per heavy atom. The molecule has 0 radical (unpaired) electrons. The van der Waals surface area contributed by atoms with Gasteiger partial charge in [-0.05, 0) is 24.2 Å². The average molecular weight is 303 g/mol. The third kappa shape index (κ3) is 7.32. The van der Waals surface area contributed by atoms with Crippen molar-refractivity contribution in [3.8, 4) is 0 Å². The topological polar surface area (TPSA) is 0 Å². The summed E-state index contributed by atoms with van der Waals surface area (Å²) in [6.07, 6.45) is 8.35. The SMILES string of the molecule is CCCCC(CCC)C(C)(C)CC(C)SCC1CS1. The fourth-order valence-electron chi connectivity index (χ4n) is 3.13. The molecule has 19 heavy (non-hydrogen) atoms. The summed E-state index contributed by atoms with van der Waals surface area (Å²) in [5, 5.41) is 1.82. The molecule has 0 nitrogen and oxygen atoms in total. The summed E-state index contributed by atoms with van der Waals surface area (Å²) in [6.45, 7) is 12.2. The van der Waals surface area contributed by atoms with Crippen LogP contribution in [0.2, 0.25) is 0 Å². The van der Waals surface area contributed by atoms with Crippen molar-refractivity contribution in [1.29, 1.82) is 0 Å². The highest BCUT2D eigenvalue weighted by atomic mass is 32.2. The predicted octanol–water partition coefficient (Wildman–Crippen LogP) is 6.25. The van der Waals surface area contributed by atoms with Gasteiger partial charge in [-0.1, -0.05) is 60.3 Å². The van der Waals surface area contributed by atoms with E-state index in [0.717, 1.165) is 16.4 Å². The molecule has 2 heteroatoms. The van der Waals surface area contributed by atoms with Gasteiger partial charge in [0.1, 0.15) is 0 Å². The van der Waals surface area contributed by atoms with E-state index in [1.807, 2.05) is 0 Å². The molecule has 0 saturated carbocycles. The van der Waals surface area contributed by atoms with Crippen molar-refractivity contribution in [1.82, 2.24) is 0 Å². The highest BCUT2D eigenvalue weighted by Gasteiger charge is 2.31. The highest BCUT2D eigenvalue weighted by Crippen LogP contribution is 2.42. The second-order valence-electron chi connectivity index (χ2n) is 6.92. The molecule has 0 aromatic rings. The van der Waals surface area contributed by atoms with Gasteiger partial charge in [-0.15, -0.1) is 0 Å². The second kappa shape index (κ2) is 8.87. The molecule has 3 unspecified atom stereocenters. The molecule has 1 aliphatic heterocycles. The maximum atomic E-state index is 2.52. The van der Waals surface area contributed by atoms with Gasteiger partial charge in [-0.3, -0.25) is 0 Å². The van der Waals surface area contributed by atoms with Crippen LogP contribution in [-0.4, -0.2) is 22.0 Å². The van der Waals surface area contributed by atoms with Crippen LogP contribution in [0, 0.1) is 11.3 Å². The van der Waals surface area contributed by atoms with Gasteiger partial charge in [-0.25, -0.2) is 0 Å². The Kier molecular flexibility index (Phi) is 8.29. The van der Waals surface area contributed by atoms with Gasteiger partial charge in [0, 0.05) is 22.0 Å². The lowest BCUT2D eigenvalue weighted by atomic mass is 9.71. The molecule has 1 heterocycles. The van der Waals surface area contributed by atoms with E-state index in [9.17, 15) is 0 Å². The van der Waals surface area contributed by atoms with Gasteiger partial charge in [0.2, 0.25) is 0 Å². The predicted molar refractivity (Wildman–Crippen MR) is 94.5 cm³/mol. The Hall–Kier alpha value is 0.700. The van der Waals surface area contributed by atoms with Crippen molar-refractivity contribution < 1.29 is 0 Å². The second-order valence-corrected chi connectivity index (χ2v) is 9.72. The largest absolute Gasteiger partial charge is 0.158 e. The zero-order valence-electron chi connectivity index (χ0n) is 13.7. The monoisotopic (exact) mass is 302 g/mol. The van der Waals surface area contributed by atoms with Crippen LogP contribution in [0.4, 0.5) is 0 Å². The van der Waals surface area contributed by atoms with E-state index in [1.165, 1.54) is 50.0 Å². The van der Waals surface area contributed by atoms with Crippen LogP contribution in [0.25, 0.3) is 0 Å². The van der Waals surface area contributed by atoms with Crippen LogP contribution >= 0.6 is 23.5 Å².